The Labute approximate surface area is 116 Å². The predicted molar refractivity (Wildman–Crippen MR) is 81.5 cm³/mol. The van der Waals surface area contributed by atoms with Crippen LogP contribution in [0.4, 0.5) is 5.69 Å². The second-order valence-corrected chi connectivity index (χ2v) is 5.64. The molecule has 0 spiro atoms. The summed E-state index contributed by atoms with van der Waals surface area (Å²) in [7, 11) is 3.92. The Morgan fingerprint density at radius 2 is 1.95 bits per heavy atom. The Kier molecular flexibility index (Phi) is 4.35. The molecular weight excluding hydrogens is 236 g/mol. The average molecular weight is 262 g/mol. The lowest BCUT2D eigenvalue weighted by molar-refractivity contribution is 0.411. The van der Waals surface area contributed by atoms with Crippen molar-refractivity contribution >= 4 is 5.69 Å². The number of rotatable bonds is 6. The lowest BCUT2D eigenvalue weighted by atomic mass is 10.0. The molecule has 3 heteroatoms. The molecule has 0 saturated heterocycles. The maximum absolute atomic E-state index is 5.43. The number of anilines is 1. The second kappa shape index (κ2) is 5.83. The fourth-order valence-electron chi connectivity index (χ4n) is 2.67. The van der Waals surface area contributed by atoms with Crippen LogP contribution in [-0.4, -0.2) is 33.3 Å². The summed E-state index contributed by atoms with van der Waals surface area (Å²) in [5, 5.41) is 3.57. The van der Waals surface area contributed by atoms with Crippen molar-refractivity contribution in [3.05, 3.63) is 22.8 Å². The number of hydrogen-bond donors (Lipinski definition) is 1. The minimum Gasteiger partial charge on any atom is -0.496 e. The van der Waals surface area contributed by atoms with Crippen molar-refractivity contribution in [3.63, 3.8) is 0 Å². The van der Waals surface area contributed by atoms with Crippen molar-refractivity contribution in [1.82, 2.24) is 5.32 Å². The maximum Gasteiger partial charge on any atom is 0.122 e. The molecule has 0 amide bonds. The van der Waals surface area contributed by atoms with Crippen LogP contribution in [0.3, 0.4) is 0 Å². The number of nitrogens with zero attached hydrogens (tertiary/aromatic N) is 1. The van der Waals surface area contributed by atoms with Crippen LogP contribution in [0.5, 0.6) is 5.75 Å². The molecule has 0 aliphatic heterocycles. The number of likely N-dealkylation sites (N-methyl/N-ethyl adjacent to an activating group) is 1. The zero-order valence-electron chi connectivity index (χ0n) is 12.8. The third kappa shape index (κ3) is 3.21. The quantitative estimate of drug-likeness (QED) is 0.853. The first-order valence-corrected chi connectivity index (χ1v) is 7.14. The molecule has 1 aromatic carbocycles. The van der Waals surface area contributed by atoms with Gasteiger partial charge in [0, 0.05) is 31.9 Å². The summed E-state index contributed by atoms with van der Waals surface area (Å²) in [6.45, 7) is 8.59. The Hall–Kier alpha value is -1.22. The van der Waals surface area contributed by atoms with Gasteiger partial charge in [-0.25, -0.2) is 0 Å². The molecule has 0 aromatic heterocycles. The standard InChI is InChI=1S/C16H26N2O/c1-11-10-15(19-5)12(2)13(3)16(11)18(4)9-8-17-14-6-7-14/h10,14,17H,6-9H2,1-5H3. The van der Waals surface area contributed by atoms with Crippen molar-refractivity contribution in [3.8, 4) is 5.75 Å². The molecule has 3 nitrogen and oxygen atoms in total. The number of aryl methyl sites for hydroxylation is 1. The van der Waals surface area contributed by atoms with Crippen molar-refractivity contribution in [2.75, 3.05) is 32.1 Å². The molecule has 0 atom stereocenters. The van der Waals surface area contributed by atoms with Crippen molar-refractivity contribution in [2.45, 2.75) is 39.7 Å². The van der Waals surface area contributed by atoms with Crippen LogP contribution in [0, 0.1) is 20.8 Å². The lowest BCUT2D eigenvalue weighted by Crippen LogP contribution is -2.31. The van der Waals surface area contributed by atoms with Crippen LogP contribution < -0.4 is 15.0 Å². The summed E-state index contributed by atoms with van der Waals surface area (Å²) in [5.41, 5.74) is 5.20. The summed E-state index contributed by atoms with van der Waals surface area (Å²) in [6.07, 6.45) is 2.70. The molecule has 19 heavy (non-hydrogen) atoms. The van der Waals surface area contributed by atoms with Crippen molar-refractivity contribution in [2.24, 2.45) is 0 Å². The summed E-state index contributed by atoms with van der Waals surface area (Å²) in [4.78, 5) is 2.35. The molecule has 0 heterocycles. The van der Waals surface area contributed by atoms with E-state index >= 15 is 0 Å². The average Bonchev–Trinajstić information content (AvgIpc) is 3.18. The molecule has 1 N–H and O–H groups in total. The molecule has 1 aromatic rings. The summed E-state index contributed by atoms with van der Waals surface area (Å²) in [6, 6.07) is 2.93. The van der Waals surface area contributed by atoms with Crippen LogP contribution in [-0.2, 0) is 0 Å². The van der Waals surface area contributed by atoms with E-state index in [1.807, 2.05) is 0 Å². The summed E-state index contributed by atoms with van der Waals surface area (Å²) < 4.78 is 5.43. The van der Waals surface area contributed by atoms with Crippen LogP contribution in [0.1, 0.15) is 29.5 Å². The molecular formula is C16H26N2O. The van der Waals surface area contributed by atoms with Gasteiger partial charge < -0.3 is 15.0 Å². The van der Waals surface area contributed by atoms with Crippen LogP contribution in [0.2, 0.25) is 0 Å². The van der Waals surface area contributed by atoms with Crippen LogP contribution in [0.15, 0.2) is 6.07 Å². The Bertz CT molecular complexity index is 453. The van der Waals surface area contributed by atoms with E-state index in [9.17, 15) is 0 Å². The molecule has 0 radical (unpaired) electrons. The number of hydrogen-bond acceptors (Lipinski definition) is 3. The van der Waals surface area contributed by atoms with E-state index in [0.717, 1.165) is 24.9 Å². The van der Waals surface area contributed by atoms with Gasteiger partial charge in [-0.15, -0.1) is 0 Å². The highest BCUT2D eigenvalue weighted by atomic mass is 16.5. The third-order valence-electron chi connectivity index (χ3n) is 4.07. The molecule has 2 rings (SSSR count). The highest BCUT2D eigenvalue weighted by molar-refractivity contribution is 5.64. The zero-order chi connectivity index (χ0) is 14.0. The number of ether oxygens (including phenoxy) is 1. The zero-order valence-corrected chi connectivity index (χ0v) is 12.8. The van der Waals surface area contributed by atoms with Gasteiger partial charge in [0.1, 0.15) is 5.75 Å². The third-order valence-corrected chi connectivity index (χ3v) is 4.07. The molecule has 1 fully saturated rings. The van der Waals surface area contributed by atoms with Gasteiger partial charge in [-0.1, -0.05) is 0 Å². The van der Waals surface area contributed by atoms with Crippen molar-refractivity contribution < 1.29 is 4.74 Å². The highest BCUT2D eigenvalue weighted by Gasteiger charge is 2.20. The first-order valence-electron chi connectivity index (χ1n) is 7.14. The van der Waals surface area contributed by atoms with E-state index in [1.165, 1.54) is 35.2 Å². The fraction of sp³-hybridized carbons (Fsp3) is 0.625. The Morgan fingerprint density at radius 1 is 1.26 bits per heavy atom. The minimum atomic E-state index is 0.785. The van der Waals surface area contributed by atoms with Gasteiger partial charge in [0.05, 0.1) is 7.11 Å². The van der Waals surface area contributed by atoms with E-state index in [0.29, 0.717) is 0 Å². The van der Waals surface area contributed by atoms with Gasteiger partial charge in [0.2, 0.25) is 0 Å². The molecule has 1 aliphatic rings. The summed E-state index contributed by atoms with van der Waals surface area (Å²) >= 11 is 0. The van der Waals surface area contributed by atoms with Gasteiger partial charge in [-0.05, 0) is 56.4 Å². The van der Waals surface area contributed by atoms with E-state index in [1.54, 1.807) is 7.11 Å². The van der Waals surface area contributed by atoms with Gasteiger partial charge in [-0.3, -0.25) is 0 Å². The first-order chi connectivity index (χ1) is 9.04. The Balaban J connectivity index is 2.10. The number of benzene rings is 1. The molecule has 0 bridgehead atoms. The van der Waals surface area contributed by atoms with Gasteiger partial charge in [-0.2, -0.15) is 0 Å². The van der Waals surface area contributed by atoms with Gasteiger partial charge in [0.15, 0.2) is 0 Å². The lowest BCUT2D eigenvalue weighted by Gasteiger charge is -2.26. The topological polar surface area (TPSA) is 24.5 Å². The van der Waals surface area contributed by atoms with E-state index in [4.69, 9.17) is 4.74 Å². The fourth-order valence-corrected chi connectivity index (χ4v) is 2.67. The smallest absolute Gasteiger partial charge is 0.122 e. The van der Waals surface area contributed by atoms with Crippen LogP contribution >= 0.6 is 0 Å². The summed E-state index contributed by atoms with van der Waals surface area (Å²) in [5.74, 6) is 0.989. The normalized spacial score (nSPS) is 14.6. The molecule has 1 aliphatic carbocycles. The van der Waals surface area contributed by atoms with Gasteiger partial charge in [0.25, 0.3) is 0 Å². The first kappa shape index (κ1) is 14.2. The molecule has 1 saturated carbocycles. The Morgan fingerprint density at radius 3 is 2.53 bits per heavy atom. The minimum absolute atomic E-state index is 0.785. The molecule has 106 valence electrons. The van der Waals surface area contributed by atoms with Gasteiger partial charge >= 0.3 is 0 Å². The van der Waals surface area contributed by atoms with Crippen LogP contribution in [0.25, 0.3) is 0 Å². The predicted octanol–water partition coefficient (Wildman–Crippen LogP) is 2.81. The highest BCUT2D eigenvalue weighted by Crippen LogP contribution is 2.33. The number of nitrogens with one attached hydrogen (secondary N) is 1. The second-order valence-electron chi connectivity index (χ2n) is 5.64. The monoisotopic (exact) mass is 262 g/mol. The number of methoxy groups -OCH3 is 1. The molecule has 0 unspecified atom stereocenters. The van der Waals surface area contributed by atoms with Crippen molar-refractivity contribution in [1.29, 1.82) is 0 Å². The maximum atomic E-state index is 5.43. The van der Waals surface area contributed by atoms with E-state index < -0.39 is 0 Å². The van der Waals surface area contributed by atoms with E-state index in [-0.39, 0.29) is 0 Å². The largest absolute Gasteiger partial charge is 0.496 e. The SMILES string of the molecule is COc1cc(C)c(N(C)CCNC2CC2)c(C)c1C. The van der Waals surface area contributed by atoms with E-state index in [2.05, 4.69) is 44.1 Å².